The van der Waals surface area contributed by atoms with Crippen LogP contribution in [0.3, 0.4) is 0 Å². The maximum atomic E-state index is 5.58. The van der Waals surface area contributed by atoms with Gasteiger partial charge in [-0.25, -0.2) is 0 Å². The molecule has 4 rings (SSSR count). The molecular formula is C17H12N2OS. The van der Waals surface area contributed by atoms with E-state index in [1.54, 1.807) is 17.6 Å². The Balaban J connectivity index is 1.97. The Kier molecular flexibility index (Phi) is 2.94. The van der Waals surface area contributed by atoms with E-state index in [1.807, 2.05) is 48.8 Å². The summed E-state index contributed by atoms with van der Waals surface area (Å²) in [5.41, 5.74) is 4.30. The average molecular weight is 292 g/mol. The van der Waals surface area contributed by atoms with Gasteiger partial charge in [-0.15, -0.1) is 11.3 Å². The zero-order valence-electron chi connectivity index (χ0n) is 11.1. The summed E-state index contributed by atoms with van der Waals surface area (Å²) in [5, 5.41) is 2.14. The molecule has 0 aliphatic carbocycles. The molecule has 0 saturated carbocycles. The summed E-state index contributed by atoms with van der Waals surface area (Å²) in [7, 11) is 0. The number of aromatic nitrogens is 2. The van der Waals surface area contributed by atoms with Crippen LogP contribution in [0.5, 0.6) is 0 Å². The van der Waals surface area contributed by atoms with Crippen molar-refractivity contribution >= 4 is 11.3 Å². The highest BCUT2D eigenvalue weighted by Gasteiger charge is 2.19. The van der Waals surface area contributed by atoms with Crippen LogP contribution in [-0.4, -0.2) is 9.97 Å². The number of nitrogens with one attached hydrogen (secondary N) is 1. The number of furan rings is 1. The topological polar surface area (TPSA) is 41.8 Å². The van der Waals surface area contributed by atoms with E-state index >= 15 is 0 Å². The Morgan fingerprint density at radius 3 is 2.76 bits per heavy atom. The molecule has 3 nitrogen and oxygen atoms in total. The molecule has 0 aliphatic rings. The van der Waals surface area contributed by atoms with E-state index in [2.05, 4.69) is 21.4 Å². The van der Waals surface area contributed by atoms with Gasteiger partial charge < -0.3 is 9.40 Å². The molecule has 0 aliphatic heterocycles. The Morgan fingerprint density at radius 1 is 1.05 bits per heavy atom. The minimum atomic E-state index is 0.881. The number of hydrogen-bond acceptors (Lipinski definition) is 3. The van der Waals surface area contributed by atoms with Crippen LogP contribution in [0, 0.1) is 0 Å². The molecule has 0 saturated heterocycles. The second kappa shape index (κ2) is 5.07. The predicted octanol–water partition coefficient (Wildman–Crippen LogP) is 5.07. The van der Waals surface area contributed by atoms with Crippen LogP contribution < -0.4 is 0 Å². The number of pyridine rings is 1. The monoisotopic (exact) mass is 292 g/mol. The summed E-state index contributed by atoms with van der Waals surface area (Å²) in [6.07, 6.45) is 5.45. The van der Waals surface area contributed by atoms with Gasteiger partial charge in [0, 0.05) is 34.6 Å². The van der Waals surface area contributed by atoms with E-state index in [0.29, 0.717) is 0 Å². The van der Waals surface area contributed by atoms with E-state index < -0.39 is 0 Å². The minimum Gasteiger partial charge on any atom is -0.463 e. The molecule has 102 valence electrons. The van der Waals surface area contributed by atoms with Crippen molar-refractivity contribution < 1.29 is 4.42 Å². The Morgan fingerprint density at radius 2 is 2.05 bits per heavy atom. The van der Waals surface area contributed by atoms with Crippen molar-refractivity contribution in [3.8, 4) is 33.2 Å². The molecule has 0 unspecified atom stereocenters. The molecule has 21 heavy (non-hydrogen) atoms. The third-order valence-electron chi connectivity index (χ3n) is 3.34. The molecule has 0 radical (unpaired) electrons. The highest BCUT2D eigenvalue weighted by molar-refractivity contribution is 7.14. The number of thiophene rings is 1. The SMILES string of the molecule is c1ccc(-c2csc(-c3ccco3)c2-c2ccc[nH]2)nc1. The van der Waals surface area contributed by atoms with Crippen LogP contribution in [0.15, 0.2) is 70.9 Å². The zero-order chi connectivity index (χ0) is 14.1. The normalized spacial score (nSPS) is 10.9. The lowest BCUT2D eigenvalue weighted by atomic mass is 10.0. The fourth-order valence-corrected chi connectivity index (χ4v) is 3.46. The first-order chi connectivity index (χ1) is 10.4. The number of rotatable bonds is 3. The quantitative estimate of drug-likeness (QED) is 0.573. The second-order valence-electron chi connectivity index (χ2n) is 4.63. The Bertz CT molecular complexity index is 830. The highest BCUT2D eigenvalue weighted by atomic mass is 32.1. The summed E-state index contributed by atoms with van der Waals surface area (Å²) >= 11 is 1.67. The van der Waals surface area contributed by atoms with Gasteiger partial charge in [-0.2, -0.15) is 0 Å². The fourth-order valence-electron chi connectivity index (χ4n) is 2.41. The van der Waals surface area contributed by atoms with Crippen molar-refractivity contribution in [2.24, 2.45) is 0 Å². The molecule has 0 bridgehead atoms. The molecule has 0 spiro atoms. The van der Waals surface area contributed by atoms with Crippen molar-refractivity contribution in [1.29, 1.82) is 0 Å². The number of aromatic amines is 1. The lowest BCUT2D eigenvalue weighted by molar-refractivity contribution is 0.584. The van der Waals surface area contributed by atoms with E-state index in [-0.39, 0.29) is 0 Å². The largest absolute Gasteiger partial charge is 0.463 e. The third-order valence-corrected chi connectivity index (χ3v) is 4.34. The molecule has 4 heterocycles. The smallest absolute Gasteiger partial charge is 0.144 e. The number of nitrogens with zero attached hydrogens (tertiary/aromatic N) is 1. The standard InChI is InChI=1S/C17H12N2OS/c1-2-8-18-13(5-1)12-11-21-17(15-7-4-10-20-15)16(12)14-6-3-9-19-14/h1-11,19H. The van der Waals surface area contributed by atoms with Gasteiger partial charge in [0.05, 0.1) is 16.8 Å². The molecule has 4 aromatic rings. The summed E-state index contributed by atoms with van der Waals surface area (Å²) in [4.78, 5) is 8.88. The van der Waals surface area contributed by atoms with Gasteiger partial charge in [0.1, 0.15) is 5.76 Å². The van der Waals surface area contributed by atoms with Crippen LogP contribution in [0.2, 0.25) is 0 Å². The van der Waals surface area contributed by atoms with Crippen molar-refractivity contribution in [1.82, 2.24) is 9.97 Å². The molecule has 0 atom stereocenters. The molecule has 1 N–H and O–H groups in total. The average Bonchev–Trinajstić information content (AvgIpc) is 3.27. The van der Waals surface area contributed by atoms with Crippen LogP contribution in [0.4, 0.5) is 0 Å². The highest BCUT2D eigenvalue weighted by Crippen LogP contribution is 2.43. The number of hydrogen-bond donors (Lipinski definition) is 1. The minimum absolute atomic E-state index is 0.881. The van der Waals surface area contributed by atoms with Crippen molar-refractivity contribution in [3.63, 3.8) is 0 Å². The first kappa shape index (κ1) is 12.2. The molecule has 4 heteroatoms. The van der Waals surface area contributed by atoms with Gasteiger partial charge in [-0.1, -0.05) is 6.07 Å². The van der Waals surface area contributed by atoms with Crippen LogP contribution in [0.1, 0.15) is 0 Å². The fraction of sp³-hybridized carbons (Fsp3) is 0. The van der Waals surface area contributed by atoms with Crippen molar-refractivity contribution in [3.05, 3.63) is 66.5 Å². The zero-order valence-corrected chi connectivity index (χ0v) is 11.9. The summed E-state index contributed by atoms with van der Waals surface area (Å²) in [5.74, 6) is 0.881. The van der Waals surface area contributed by atoms with E-state index in [4.69, 9.17) is 4.42 Å². The lowest BCUT2D eigenvalue weighted by Gasteiger charge is -2.04. The molecule has 0 fully saturated rings. The summed E-state index contributed by atoms with van der Waals surface area (Å²) in [6, 6.07) is 13.9. The van der Waals surface area contributed by atoms with Gasteiger partial charge in [-0.3, -0.25) is 4.98 Å². The van der Waals surface area contributed by atoms with Crippen LogP contribution >= 0.6 is 11.3 Å². The van der Waals surface area contributed by atoms with Gasteiger partial charge in [0.2, 0.25) is 0 Å². The molecule has 0 aromatic carbocycles. The van der Waals surface area contributed by atoms with Gasteiger partial charge in [0.15, 0.2) is 0 Å². The summed E-state index contributed by atoms with van der Waals surface area (Å²) in [6.45, 7) is 0. The van der Waals surface area contributed by atoms with Crippen molar-refractivity contribution in [2.45, 2.75) is 0 Å². The van der Waals surface area contributed by atoms with Gasteiger partial charge >= 0.3 is 0 Å². The summed E-state index contributed by atoms with van der Waals surface area (Å²) < 4.78 is 5.58. The van der Waals surface area contributed by atoms with Gasteiger partial charge in [0.25, 0.3) is 0 Å². The van der Waals surface area contributed by atoms with Gasteiger partial charge in [-0.05, 0) is 36.4 Å². The Labute approximate surface area is 125 Å². The molecular weight excluding hydrogens is 280 g/mol. The van der Waals surface area contributed by atoms with E-state index in [9.17, 15) is 0 Å². The number of H-pyrrole nitrogens is 1. The molecule has 0 amide bonds. The maximum Gasteiger partial charge on any atom is 0.144 e. The predicted molar refractivity (Wildman–Crippen MR) is 85.0 cm³/mol. The third kappa shape index (κ3) is 2.10. The Hall–Kier alpha value is -2.59. The van der Waals surface area contributed by atoms with E-state index in [1.165, 1.54) is 0 Å². The first-order valence-electron chi connectivity index (χ1n) is 6.64. The van der Waals surface area contributed by atoms with Crippen LogP contribution in [-0.2, 0) is 0 Å². The van der Waals surface area contributed by atoms with Crippen molar-refractivity contribution in [2.75, 3.05) is 0 Å². The second-order valence-corrected chi connectivity index (χ2v) is 5.51. The maximum absolute atomic E-state index is 5.58. The first-order valence-corrected chi connectivity index (χ1v) is 7.52. The molecule has 4 aromatic heterocycles. The van der Waals surface area contributed by atoms with Crippen LogP contribution in [0.25, 0.3) is 33.2 Å². The lowest BCUT2D eigenvalue weighted by Crippen LogP contribution is -1.85. The van der Waals surface area contributed by atoms with E-state index in [0.717, 1.165) is 33.2 Å².